The summed E-state index contributed by atoms with van der Waals surface area (Å²) in [6.07, 6.45) is 2.02. The number of rotatable bonds is 4. The van der Waals surface area contributed by atoms with Gasteiger partial charge in [-0.25, -0.2) is 4.98 Å². The third-order valence-electron chi connectivity index (χ3n) is 3.45. The number of ether oxygens (including phenoxy) is 1. The lowest BCUT2D eigenvalue weighted by atomic mass is 9.89. The summed E-state index contributed by atoms with van der Waals surface area (Å²) in [4.78, 5) is 15.0. The van der Waals surface area contributed by atoms with E-state index in [2.05, 4.69) is 10.3 Å². The molecule has 1 aromatic carbocycles. The molecule has 0 aliphatic heterocycles. The van der Waals surface area contributed by atoms with Gasteiger partial charge >= 0.3 is 5.69 Å². The van der Waals surface area contributed by atoms with Crippen LogP contribution < -0.4 is 5.32 Å². The summed E-state index contributed by atoms with van der Waals surface area (Å²) in [5.41, 5.74) is 2.70. The molecule has 0 radical (unpaired) electrons. The number of nitrogens with one attached hydrogen (secondary N) is 1. The summed E-state index contributed by atoms with van der Waals surface area (Å²) in [5, 5.41) is 14.5. The van der Waals surface area contributed by atoms with E-state index in [1.54, 1.807) is 18.7 Å². The fourth-order valence-corrected chi connectivity index (χ4v) is 2.99. The van der Waals surface area contributed by atoms with E-state index in [4.69, 9.17) is 4.74 Å². The summed E-state index contributed by atoms with van der Waals surface area (Å²) in [6.45, 7) is 0. The van der Waals surface area contributed by atoms with Crippen LogP contribution in [0.15, 0.2) is 17.6 Å². The van der Waals surface area contributed by atoms with E-state index in [0.717, 1.165) is 17.5 Å². The predicted octanol–water partition coefficient (Wildman–Crippen LogP) is 2.79. The first-order valence-electron chi connectivity index (χ1n) is 5.99. The molecule has 3 rings (SSSR count). The molecule has 1 N–H and O–H groups in total. The zero-order valence-corrected chi connectivity index (χ0v) is 11.1. The molecule has 1 heterocycles. The Bertz CT molecular complexity index is 622. The third-order valence-corrected chi connectivity index (χ3v) is 4.24. The second-order valence-electron chi connectivity index (χ2n) is 4.59. The van der Waals surface area contributed by atoms with Gasteiger partial charge in [-0.05, 0) is 25.0 Å². The van der Waals surface area contributed by atoms with Gasteiger partial charge in [0.2, 0.25) is 0 Å². The number of nitrogens with zero attached hydrogens (tertiary/aromatic N) is 2. The first-order valence-corrected chi connectivity index (χ1v) is 6.87. The molecule has 7 heteroatoms. The Morgan fingerprint density at radius 1 is 1.53 bits per heavy atom. The minimum Gasteiger partial charge on any atom is -0.381 e. The molecule has 0 unspecified atom stereocenters. The van der Waals surface area contributed by atoms with Crippen molar-refractivity contribution in [2.45, 2.75) is 25.0 Å². The van der Waals surface area contributed by atoms with E-state index in [-0.39, 0.29) is 22.8 Å². The topological polar surface area (TPSA) is 77.3 Å². The number of hydrogen-bond donors (Lipinski definition) is 1. The highest BCUT2D eigenvalue weighted by molar-refractivity contribution is 7.16. The van der Waals surface area contributed by atoms with Crippen LogP contribution in [0.3, 0.4) is 0 Å². The van der Waals surface area contributed by atoms with Crippen LogP contribution in [-0.4, -0.2) is 29.2 Å². The number of aromatic nitrogens is 1. The van der Waals surface area contributed by atoms with Crippen LogP contribution in [0, 0.1) is 10.1 Å². The summed E-state index contributed by atoms with van der Waals surface area (Å²) >= 11 is 1.41. The summed E-state index contributed by atoms with van der Waals surface area (Å²) in [5.74, 6) is 0. The molecular formula is C12H13N3O3S. The minimum atomic E-state index is -0.364. The quantitative estimate of drug-likeness (QED) is 0.687. The highest BCUT2D eigenvalue weighted by Crippen LogP contribution is 2.36. The van der Waals surface area contributed by atoms with Crippen molar-refractivity contribution in [2.75, 3.05) is 12.4 Å². The summed E-state index contributed by atoms with van der Waals surface area (Å²) in [6, 6.07) is 3.87. The number of hydrogen-bond acceptors (Lipinski definition) is 6. The predicted molar refractivity (Wildman–Crippen MR) is 73.7 cm³/mol. The molecule has 100 valence electrons. The van der Waals surface area contributed by atoms with Crippen LogP contribution in [0.4, 0.5) is 11.4 Å². The number of nitro benzene ring substituents is 1. The molecule has 0 spiro atoms. The Morgan fingerprint density at radius 3 is 3.00 bits per heavy atom. The second-order valence-corrected chi connectivity index (χ2v) is 5.47. The van der Waals surface area contributed by atoms with E-state index in [1.807, 2.05) is 6.07 Å². The first-order chi connectivity index (χ1) is 9.19. The Labute approximate surface area is 113 Å². The smallest absolute Gasteiger partial charge is 0.319 e. The standard InChI is InChI=1S/C12H13N3O3S/c1-18-8-4-7(5-8)14-9-2-3-10-11(13-6-19-10)12(9)15(16)17/h2-3,6-8,14H,4-5H2,1H3. The maximum absolute atomic E-state index is 11.2. The molecule has 1 fully saturated rings. The lowest BCUT2D eigenvalue weighted by Gasteiger charge is -2.35. The van der Waals surface area contributed by atoms with E-state index in [0.29, 0.717) is 11.2 Å². The van der Waals surface area contributed by atoms with E-state index in [1.165, 1.54) is 11.3 Å². The maximum Gasteiger partial charge on any atom is 0.319 e. The molecular weight excluding hydrogens is 266 g/mol. The molecule has 1 aliphatic rings. The fraction of sp³-hybridized carbons (Fsp3) is 0.417. The molecule has 0 atom stereocenters. The van der Waals surface area contributed by atoms with Gasteiger partial charge in [0.1, 0.15) is 5.69 Å². The van der Waals surface area contributed by atoms with Gasteiger partial charge in [-0.1, -0.05) is 0 Å². The van der Waals surface area contributed by atoms with Crippen LogP contribution in [0.25, 0.3) is 10.2 Å². The highest BCUT2D eigenvalue weighted by Gasteiger charge is 2.31. The summed E-state index contributed by atoms with van der Waals surface area (Å²) in [7, 11) is 1.69. The van der Waals surface area contributed by atoms with Crippen molar-refractivity contribution in [2.24, 2.45) is 0 Å². The van der Waals surface area contributed by atoms with Crippen LogP contribution in [-0.2, 0) is 4.74 Å². The number of methoxy groups -OCH3 is 1. The van der Waals surface area contributed by atoms with Gasteiger partial charge in [-0.2, -0.15) is 0 Å². The molecule has 2 aromatic rings. The van der Waals surface area contributed by atoms with Gasteiger partial charge < -0.3 is 10.1 Å². The van der Waals surface area contributed by atoms with Gasteiger partial charge in [0.05, 0.1) is 21.2 Å². The number of anilines is 1. The third kappa shape index (κ3) is 2.15. The molecule has 0 bridgehead atoms. The van der Waals surface area contributed by atoms with Crippen molar-refractivity contribution in [3.63, 3.8) is 0 Å². The lowest BCUT2D eigenvalue weighted by Crippen LogP contribution is -2.40. The maximum atomic E-state index is 11.2. The zero-order valence-electron chi connectivity index (χ0n) is 10.3. The summed E-state index contributed by atoms with van der Waals surface area (Å²) < 4.78 is 6.04. The number of benzene rings is 1. The van der Waals surface area contributed by atoms with Crippen molar-refractivity contribution in [3.05, 3.63) is 27.8 Å². The molecule has 1 saturated carbocycles. The van der Waals surface area contributed by atoms with Crippen LogP contribution in [0.2, 0.25) is 0 Å². The largest absolute Gasteiger partial charge is 0.381 e. The molecule has 19 heavy (non-hydrogen) atoms. The molecule has 6 nitrogen and oxygen atoms in total. The molecule has 1 aromatic heterocycles. The molecule has 1 aliphatic carbocycles. The van der Waals surface area contributed by atoms with Gasteiger partial charge in [0.25, 0.3) is 0 Å². The lowest BCUT2D eigenvalue weighted by molar-refractivity contribution is -0.382. The second kappa shape index (κ2) is 4.75. The fourth-order valence-electron chi connectivity index (χ4n) is 2.31. The van der Waals surface area contributed by atoms with Crippen LogP contribution in [0.5, 0.6) is 0 Å². The van der Waals surface area contributed by atoms with E-state index in [9.17, 15) is 10.1 Å². The minimum absolute atomic E-state index is 0.0691. The van der Waals surface area contributed by atoms with Crippen molar-refractivity contribution < 1.29 is 9.66 Å². The van der Waals surface area contributed by atoms with Crippen LogP contribution in [0.1, 0.15) is 12.8 Å². The SMILES string of the molecule is COC1CC(Nc2ccc3scnc3c2[N+](=O)[O-])C1. The van der Waals surface area contributed by atoms with Crippen molar-refractivity contribution >= 4 is 32.9 Å². The molecule has 0 saturated heterocycles. The van der Waals surface area contributed by atoms with Crippen molar-refractivity contribution in [3.8, 4) is 0 Å². The Hall–Kier alpha value is -1.73. The first kappa shape index (κ1) is 12.3. The Kier molecular flexibility index (Phi) is 3.08. The monoisotopic (exact) mass is 279 g/mol. The zero-order chi connectivity index (χ0) is 13.4. The Morgan fingerprint density at radius 2 is 2.32 bits per heavy atom. The average molecular weight is 279 g/mol. The van der Waals surface area contributed by atoms with Gasteiger partial charge in [-0.3, -0.25) is 10.1 Å². The van der Waals surface area contributed by atoms with Crippen LogP contribution >= 0.6 is 11.3 Å². The van der Waals surface area contributed by atoms with Gasteiger partial charge in [0, 0.05) is 13.2 Å². The normalized spacial score (nSPS) is 22.2. The van der Waals surface area contributed by atoms with E-state index >= 15 is 0 Å². The highest BCUT2D eigenvalue weighted by atomic mass is 32.1. The van der Waals surface area contributed by atoms with Gasteiger partial charge in [-0.15, -0.1) is 11.3 Å². The molecule has 0 amide bonds. The van der Waals surface area contributed by atoms with Crippen molar-refractivity contribution in [1.29, 1.82) is 0 Å². The number of thiazole rings is 1. The average Bonchev–Trinajstić information content (AvgIpc) is 2.80. The Balaban J connectivity index is 1.90. The van der Waals surface area contributed by atoms with Crippen molar-refractivity contribution in [1.82, 2.24) is 4.98 Å². The number of fused-ring (bicyclic) bond motifs is 1. The number of nitro groups is 1. The van der Waals surface area contributed by atoms with Gasteiger partial charge in [0.15, 0.2) is 5.52 Å². The van der Waals surface area contributed by atoms with E-state index < -0.39 is 0 Å².